The van der Waals surface area contributed by atoms with E-state index in [0.717, 1.165) is 11.3 Å². The third kappa shape index (κ3) is 2.66. The number of benzene rings is 1. The van der Waals surface area contributed by atoms with Crippen molar-refractivity contribution in [3.05, 3.63) is 35.9 Å². The zero-order valence-corrected chi connectivity index (χ0v) is 11.3. The van der Waals surface area contributed by atoms with Crippen LogP contribution in [0.4, 0.5) is 5.69 Å². The topological polar surface area (TPSA) is 72.4 Å². The number of nitrogens with zero attached hydrogens (tertiary/aromatic N) is 2. The number of carbonyl (C=O) groups is 1. The van der Waals surface area contributed by atoms with Crippen LogP contribution in [0.5, 0.6) is 0 Å². The molecule has 0 atom stereocenters. The second-order valence-corrected chi connectivity index (χ2v) is 4.49. The molecule has 2 N–H and O–H groups in total. The van der Waals surface area contributed by atoms with Gasteiger partial charge in [0.25, 0.3) is 0 Å². The van der Waals surface area contributed by atoms with Crippen LogP contribution in [0.25, 0.3) is 11.3 Å². The zero-order valence-electron chi connectivity index (χ0n) is 11.3. The summed E-state index contributed by atoms with van der Waals surface area (Å²) in [4.78, 5) is 17.7. The van der Waals surface area contributed by atoms with Gasteiger partial charge in [0.2, 0.25) is 5.89 Å². The molecule has 0 aliphatic rings. The summed E-state index contributed by atoms with van der Waals surface area (Å²) in [6.45, 7) is 1.64. The van der Waals surface area contributed by atoms with Gasteiger partial charge in [0.05, 0.1) is 6.54 Å². The quantitative estimate of drug-likeness (QED) is 0.851. The van der Waals surface area contributed by atoms with Gasteiger partial charge in [-0.15, -0.1) is 0 Å². The average molecular weight is 259 g/mol. The van der Waals surface area contributed by atoms with E-state index in [2.05, 4.69) is 4.98 Å². The number of nitrogens with two attached hydrogens (primary N) is 1. The normalized spacial score (nSPS) is 10.5. The van der Waals surface area contributed by atoms with E-state index in [9.17, 15) is 4.79 Å². The first-order chi connectivity index (χ1) is 9.02. The number of carbonyl (C=O) groups excluding carboxylic acids is 1. The number of Topliss-reactive ketones (excluding diaryl/α,β-unsaturated/α-hetero) is 1. The molecule has 0 amide bonds. The third-order valence-corrected chi connectivity index (χ3v) is 2.83. The van der Waals surface area contributed by atoms with Gasteiger partial charge in [-0.05, 0) is 24.3 Å². The summed E-state index contributed by atoms with van der Waals surface area (Å²) in [5.74, 6) is 0.727. The predicted octanol–water partition coefficient (Wildman–Crippen LogP) is 2.07. The lowest BCUT2D eigenvalue weighted by atomic mass is 10.1. The van der Waals surface area contributed by atoms with E-state index < -0.39 is 0 Å². The van der Waals surface area contributed by atoms with Crippen LogP contribution in [0.2, 0.25) is 0 Å². The van der Waals surface area contributed by atoms with Crippen molar-refractivity contribution in [3.8, 4) is 11.3 Å². The minimum Gasteiger partial charge on any atom is -0.439 e. The second-order valence-electron chi connectivity index (χ2n) is 4.49. The Morgan fingerprint density at radius 2 is 1.95 bits per heavy atom. The molecule has 0 aliphatic heterocycles. The van der Waals surface area contributed by atoms with Crippen molar-refractivity contribution >= 4 is 11.5 Å². The van der Waals surface area contributed by atoms with E-state index in [-0.39, 0.29) is 12.3 Å². The first-order valence-electron chi connectivity index (χ1n) is 6.01. The summed E-state index contributed by atoms with van der Waals surface area (Å²) >= 11 is 0. The lowest BCUT2D eigenvalue weighted by molar-refractivity contribution is 0.101. The highest BCUT2D eigenvalue weighted by Gasteiger charge is 2.17. The molecule has 19 heavy (non-hydrogen) atoms. The highest BCUT2D eigenvalue weighted by molar-refractivity contribution is 5.97. The van der Waals surface area contributed by atoms with Gasteiger partial charge < -0.3 is 15.1 Å². The smallest absolute Gasteiger partial charge is 0.209 e. The maximum Gasteiger partial charge on any atom is 0.209 e. The molecule has 0 saturated heterocycles. The van der Waals surface area contributed by atoms with Gasteiger partial charge in [-0.2, -0.15) is 0 Å². The molecule has 2 aromatic rings. The Bertz CT molecular complexity index is 585. The fourth-order valence-electron chi connectivity index (χ4n) is 1.80. The monoisotopic (exact) mass is 259 g/mol. The first kappa shape index (κ1) is 13.3. The molecule has 1 aromatic carbocycles. The lowest BCUT2D eigenvalue weighted by Gasteiger charge is -2.12. The Kier molecular flexibility index (Phi) is 3.66. The fraction of sp³-hybridized carbons (Fsp3) is 0.286. The van der Waals surface area contributed by atoms with Crippen LogP contribution in [-0.2, 0) is 6.54 Å². The molecule has 0 fully saturated rings. The number of aromatic nitrogens is 1. The number of rotatable bonds is 4. The fourth-order valence-corrected chi connectivity index (χ4v) is 1.80. The maximum absolute atomic E-state index is 11.6. The number of ketones is 1. The van der Waals surface area contributed by atoms with E-state index in [4.69, 9.17) is 10.2 Å². The van der Waals surface area contributed by atoms with Gasteiger partial charge in [0.15, 0.2) is 17.2 Å². The van der Waals surface area contributed by atoms with E-state index >= 15 is 0 Å². The molecular formula is C14H17N3O2. The van der Waals surface area contributed by atoms with Crippen LogP contribution in [0.1, 0.15) is 23.3 Å². The van der Waals surface area contributed by atoms with Crippen LogP contribution in [0.15, 0.2) is 28.7 Å². The van der Waals surface area contributed by atoms with Gasteiger partial charge in [0.1, 0.15) is 0 Å². The minimum absolute atomic E-state index is 0.130. The summed E-state index contributed by atoms with van der Waals surface area (Å²) in [5, 5.41) is 0. The molecule has 1 aromatic heterocycles. The second kappa shape index (κ2) is 5.24. The molecule has 0 unspecified atom stereocenters. The van der Waals surface area contributed by atoms with Gasteiger partial charge >= 0.3 is 0 Å². The van der Waals surface area contributed by atoms with Crippen LogP contribution < -0.4 is 10.6 Å². The zero-order chi connectivity index (χ0) is 14.0. The van der Waals surface area contributed by atoms with E-state index in [1.165, 1.54) is 6.92 Å². The Balaban J connectivity index is 2.45. The predicted molar refractivity (Wildman–Crippen MR) is 74.2 cm³/mol. The highest BCUT2D eigenvalue weighted by Crippen LogP contribution is 2.27. The van der Waals surface area contributed by atoms with E-state index in [0.29, 0.717) is 17.3 Å². The molecule has 5 nitrogen and oxygen atoms in total. The SMILES string of the molecule is CC(=O)c1nc(CN)oc1-c1ccc(N(C)C)cc1. The van der Waals surface area contributed by atoms with Crippen LogP contribution >= 0.6 is 0 Å². The van der Waals surface area contributed by atoms with Crippen molar-refractivity contribution < 1.29 is 9.21 Å². The van der Waals surface area contributed by atoms with Crippen LogP contribution in [-0.4, -0.2) is 24.9 Å². The number of hydrogen-bond acceptors (Lipinski definition) is 5. The molecule has 0 spiro atoms. The Morgan fingerprint density at radius 3 is 2.42 bits per heavy atom. The van der Waals surface area contributed by atoms with Gasteiger partial charge in [0, 0.05) is 32.3 Å². The minimum atomic E-state index is -0.130. The van der Waals surface area contributed by atoms with Gasteiger partial charge in [-0.25, -0.2) is 4.98 Å². The van der Waals surface area contributed by atoms with Crippen molar-refractivity contribution in [2.45, 2.75) is 13.5 Å². The lowest BCUT2D eigenvalue weighted by Crippen LogP contribution is -2.07. The third-order valence-electron chi connectivity index (χ3n) is 2.83. The average Bonchev–Trinajstić information content (AvgIpc) is 2.83. The van der Waals surface area contributed by atoms with Gasteiger partial charge in [-0.3, -0.25) is 4.79 Å². The van der Waals surface area contributed by atoms with Crippen molar-refractivity contribution in [2.24, 2.45) is 5.73 Å². The Labute approximate surface area is 112 Å². The molecule has 1 heterocycles. The summed E-state index contributed by atoms with van der Waals surface area (Å²) in [6, 6.07) is 7.74. The molecule has 0 saturated carbocycles. The Morgan fingerprint density at radius 1 is 1.32 bits per heavy atom. The maximum atomic E-state index is 11.6. The van der Waals surface area contributed by atoms with E-state index in [1.807, 2.05) is 43.3 Å². The van der Waals surface area contributed by atoms with E-state index in [1.54, 1.807) is 0 Å². The van der Waals surface area contributed by atoms with Gasteiger partial charge in [-0.1, -0.05) is 0 Å². The van der Waals surface area contributed by atoms with Crippen LogP contribution in [0, 0.1) is 0 Å². The first-order valence-corrected chi connectivity index (χ1v) is 6.01. The molecular weight excluding hydrogens is 242 g/mol. The molecule has 100 valence electrons. The number of oxazole rings is 1. The Hall–Kier alpha value is -2.14. The summed E-state index contributed by atoms with van der Waals surface area (Å²) in [5.41, 5.74) is 7.73. The van der Waals surface area contributed by atoms with Crippen molar-refractivity contribution in [2.75, 3.05) is 19.0 Å². The summed E-state index contributed by atoms with van der Waals surface area (Å²) in [7, 11) is 3.94. The van der Waals surface area contributed by atoms with Crippen LogP contribution in [0.3, 0.4) is 0 Å². The van der Waals surface area contributed by atoms with Crippen molar-refractivity contribution in [1.29, 1.82) is 0 Å². The van der Waals surface area contributed by atoms with Crippen molar-refractivity contribution in [1.82, 2.24) is 4.98 Å². The number of anilines is 1. The molecule has 0 radical (unpaired) electrons. The molecule has 5 heteroatoms. The highest BCUT2D eigenvalue weighted by atomic mass is 16.4. The molecule has 0 aliphatic carbocycles. The summed E-state index contributed by atoms with van der Waals surface area (Å²) < 4.78 is 5.54. The number of hydrogen-bond donors (Lipinski definition) is 1. The summed E-state index contributed by atoms with van der Waals surface area (Å²) in [6.07, 6.45) is 0. The standard InChI is InChI=1S/C14H17N3O2/c1-9(18)13-14(19-12(8-15)16-13)10-4-6-11(7-5-10)17(2)3/h4-7H,8,15H2,1-3H3. The molecule has 0 bridgehead atoms. The molecule has 2 rings (SSSR count). The van der Waals surface area contributed by atoms with Crippen molar-refractivity contribution in [3.63, 3.8) is 0 Å². The largest absolute Gasteiger partial charge is 0.439 e.